The maximum absolute atomic E-state index is 13.5. The Bertz CT molecular complexity index is 533. The standard InChI is InChI=1S/C13H13F2NO3/c1-7-4-5-16(11(7)13(18)19)12(17)9-6-8(14)2-3-10(9)15/h2-3,6-7,11H,4-5H2,1H3,(H,18,19). The number of carbonyl (C=O) groups is 2. The van der Waals surface area contributed by atoms with E-state index in [4.69, 9.17) is 5.11 Å². The number of likely N-dealkylation sites (tertiary alicyclic amines) is 1. The summed E-state index contributed by atoms with van der Waals surface area (Å²) < 4.78 is 26.6. The number of benzene rings is 1. The van der Waals surface area contributed by atoms with Gasteiger partial charge in [-0.25, -0.2) is 13.6 Å². The number of hydrogen-bond donors (Lipinski definition) is 1. The van der Waals surface area contributed by atoms with Crippen LogP contribution >= 0.6 is 0 Å². The largest absolute Gasteiger partial charge is 0.480 e. The van der Waals surface area contributed by atoms with Crippen LogP contribution < -0.4 is 0 Å². The third-order valence-corrected chi connectivity index (χ3v) is 3.37. The molecule has 0 radical (unpaired) electrons. The monoisotopic (exact) mass is 269 g/mol. The predicted octanol–water partition coefficient (Wildman–Crippen LogP) is 1.90. The summed E-state index contributed by atoms with van der Waals surface area (Å²) >= 11 is 0. The Kier molecular flexibility index (Phi) is 3.50. The summed E-state index contributed by atoms with van der Waals surface area (Å²) in [6.07, 6.45) is 0.527. The number of carboxylic acid groups (broad SMARTS) is 1. The molecule has 1 N–H and O–H groups in total. The highest BCUT2D eigenvalue weighted by Gasteiger charge is 2.40. The summed E-state index contributed by atoms with van der Waals surface area (Å²) in [5.74, 6) is -3.71. The summed E-state index contributed by atoms with van der Waals surface area (Å²) in [5.41, 5.74) is -0.430. The lowest BCUT2D eigenvalue weighted by molar-refractivity contribution is -0.142. The second-order valence-corrected chi connectivity index (χ2v) is 4.67. The van der Waals surface area contributed by atoms with Crippen LogP contribution in [0.15, 0.2) is 18.2 Å². The first-order chi connectivity index (χ1) is 8.91. The predicted molar refractivity (Wildman–Crippen MR) is 62.6 cm³/mol. The highest BCUT2D eigenvalue weighted by atomic mass is 19.1. The highest BCUT2D eigenvalue weighted by molar-refractivity contribution is 5.97. The Morgan fingerprint density at radius 2 is 2.05 bits per heavy atom. The Morgan fingerprint density at radius 1 is 1.37 bits per heavy atom. The first-order valence-corrected chi connectivity index (χ1v) is 5.90. The summed E-state index contributed by atoms with van der Waals surface area (Å²) in [6.45, 7) is 1.95. The molecule has 1 fully saturated rings. The normalized spacial score (nSPS) is 22.6. The molecule has 2 atom stereocenters. The first kappa shape index (κ1) is 13.5. The maximum atomic E-state index is 13.5. The van der Waals surface area contributed by atoms with Crippen LogP contribution in [-0.4, -0.2) is 34.5 Å². The van der Waals surface area contributed by atoms with E-state index in [9.17, 15) is 18.4 Å². The van der Waals surface area contributed by atoms with Crippen molar-refractivity contribution < 1.29 is 23.5 Å². The smallest absolute Gasteiger partial charge is 0.326 e. The molecule has 1 aromatic rings. The molecule has 1 aliphatic rings. The van der Waals surface area contributed by atoms with Gasteiger partial charge in [0.05, 0.1) is 5.56 Å². The number of hydrogen-bond acceptors (Lipinski definition) is 2. The average molecular weight is 269 g/mol. The lowest BCUT2D eigenvalue weighted by Crippen LogP contribution is -2.43. The fraction of sp³-hybridized carbons (Fsp3) is 0.385. The molecular formula is C13H13F2NO3. The minimum absolute atomic E-state index is 0.210. The van der Waals surface area contributed by atoms with Crippen molar-refractivity contribution in [3.05, 3.63) is 35.4 Å². The van der Waals surface area contributed by atoms with Crippen LogP contribution in [0.5, 0.6) is 0 Å². The maximum Gasteiger partial charge on any atom is 0.326 e. The highest BCUT2D eigenvalue weighted by Crippen LogP contribution is 2.26. The van der Waals surface area contributed by atoms with Crippen molar-refractivity contribution in [1.29, 1.82) is 0 Å². The summed E-state index contributed by atoms with van der Waals surface area (Å²) in [6, 6.07) is 1.57. The Hall–Kier alpha value is -1.98. The topological polar surface area (TPSA) is 57.6 Å². The van der Waals surface area contributed by atoms with Crippen molar-refractivity contribution in [2.45, 2.75) is 19.4 Å². The van der Waals surface area contributed by atoms with Gasteiger partial charge < -0.3 is 10.0 Å². The van der Waals surface area contributed by atoms with Crippen LogP contribution in [0, 0.1) is 17.6 Å². The molecule has 19 heavy (non-hydrogen) atoms. The zero-order chi connectivity index (χ0) is 14.2. The van der Waals surface area contributed by atoms with E-state index in [-0.39, 0.29) is 12.5 Å². The van der Waals surface area contributed by atoms with E-state index in [0.717, 1.165) is 23.1 Å². The number of nitrogens with zero attached hydrogens (tertiary/aromatic N) is 1. The van der Waals surface area contributed by atoms with Crippen LogP contribution in [0.25, 0.3) is 0 Å². The number of carbonyl (C=O) groups excluding carboxylic acids is 1. The quantitative estimate of drug-likeness (QED) is 0.892. The van der Waals surface area contributed by atoms with E-state index < -0.39 is 35.1 Å². The van der Waals surface area contributed by atoms with Crippen LogP contribution in [-0.2, 0) is 4.79 Å². The molecule has 4 nitrogen and oxygen atoms in total. The molecule has 1 aliphatic heterocycles. The Balaban J connectivity index is 2.33. The van der Waals surface area contributed by atoms with Crippen molar-refractivity contribution in [2.24, 2.45) is 5.92 Å². The number of aliphatic carboxylic acids is 1. The van der Waals surface area contributed by atoms with Crippen molar-refractivity contribution in [3.8, 4) is 0 Å². The van der Waals surface area contributed by atoms with Crippen molar-refractivity contribution in [1.82, 2.24) is 4.90 Å². The van der Waals surface area contributed by atoms with E-state index in [1.54, 1.807) is 6.92 Å². The number of amides is 1. The Labute approximate surface area is 108 Å². The minimum Gasteiger partial charge on any atom is -0.480 e. The summed E-state index contributed by atoms with van der Waals surface area (Å²) in [5, 5.41) is 9.11. The molecule has 0 bridgehead atoms. The van der Waals surface area contributed by atoms with E-state index in [2.05, 4.69) is 0 Å². The molecule has 1 heterocycles. The van der Waals surface area contributed by atoms with Gasteiger partial charge in [-0.15, -0.1) is 0 Å². The van der Waals surface area contributed by atoms with Crippen molar-refractivity contribution in [2.75, 3.05) is 6.54 Å². The SMILES string of the molecule is CC1CCN(C(=O)c2cc(F)ccc2F)C1C(=O)O. The minimum atomic E-state index is -1.13. The van der Waals surface area contributed by atoms with E-state index in [1.165, 1.54) is 0 Å². The van der Waals surface area contributed by atoms with Gasteiger partial charge in [0.25, 0.3) is 5.91 Å². The van der Waals surface area contributed by atoms with Gasteiger partial charge in [0, 0.05) is 6.54 Å². The van der Waals surface area contributed by atoms with Gasteiger partial charge >= 0.3 is 5.97 Å². The van der Waals surface area contributed by atoms with Gasteiger partial charge in [0.1, 0.15) is 17.7 Å². The molecule has 0 spiro atoms. The summed E-state index contributed by atoms with van der Waals surface area (Å²) in [4.78, 5) is 24.4. The zero-order valence-electron chi connectivity index (χ0n) is 10.3. The molecule has 102 valence electrons. The summed E-state index contributed by atoms with van der Waals surface area (Å²) in [7, 11) is 0. The van der Waals surface area contributed by atoms with Crippen molar-refractivity contribution in [3.63, 3.8) is 0 Å². The van der Waals surface area contributed by atoms with Crippen LogP contribution in [0.1, 0.15) is 23.7 Å². The zero-order valence-corrected chi connectivity index (χ0v) is 10.3. The molecule has 0 aromatic heterocycles. The molecule has 2 rings (SSSR count). The molecule has 0 aliphatic carbocycles. The number of rotatable bonds is 2. The second kappa shape index (κ2) is 4.95. The number of carboxylic acids is 1. The third-order valence-electron chi connectivity index (χ3n) is 3.37. The molecule has 0 saturated carbocycles. The van der Waals surface area contributed by atoms with Gasteiger partial charge in [-0.3, -0.25) is 4.79 Å². The first-order valence-electron chi connectivity index (χ1n) is 5.90. The van der Waals surface area contributed by atoms with E-state index in [0.29, 0.717) is 6.42 Å². The van der Waals surface area contributed by atoms with Crippen molar-refractivity contribution >= 4 is 11.9 Å². The van der Waals surface area contributed by atoms with Gasteiger partial charge in [-0.05, 0) is 30.5 Å². The molecule has 6 heteroatoms. The van der Waals surface area contributed by atoms with Crippen LogP contribution in [0.3, 0.4) is 0 Å². The second-order valence-electron chi connectivity index (χ2n) is 4.67. The molecular weight excluding hydrogens is 256 g/mol. The van der Waals surface area contributed by atoms with Crippen LogP contribution in [0.4, 0.5) is 8.78 Å². The molecule has 1 aromatic carbocycles. The lowest BCUT2D eigenvalue weighted by atomic mass is 10.0. The molecule has 2 unspecified atom stereocenters. The van der Waals surface area contributed by atoms with E-state index in [1.807, 2.05) is 0 Å². The Morgan fingerprint density at radius 3 is 2.68 bits per heavy atom. The third kappa shape index (κ3) is 2.43. The molecule has 1 saturated heterocycles. The van der Waals surface area contributed by atoms with E-state index >= 15 is 0 Å². The fourth-order valence-electron chi connectivity index (χ4n) is 2.37. The number of halogens is 2. The van der Waals surface area contributed by atoms with Gasteiger partial charge in [0.2, 0.25) is 0 Å². The van der Waals surface area contributed by atoms with Gasteiger partial charge in [0.15, 0.2) is 0 Å². The fourth-order valence-corrected chi connectivity index (χ4v) is 2.37. The molecule has 1 amide bonds. The van der Waals surface area contributed by atoms with Gasteiger partial charge in [-0.2, -0.15) is 0 Å². The lowest BCUT2D eigenvalue weighted by Gasteiger charge is -2.23. The van der Waals surface area contributed by atoms with Crippen LogP contribution in [0.2, 0.25) is 0 Å². The average Bonchev–Trinajstić information content (AvgIpc) is 2.73. The van der Waals surface area contributed by atoms with Gasteiger partial charge in [-0.1, -0.05) is 6.92 Å².